The van der Waals surface area contributed by atoms with Crippen molar-refractivity contribution in [2.24, 2.45) is 0 Å². The number of rotatable bonds is 4. The normalized spacial score (nSPS) is 10.2. The molecule has 0 unspecified atom stereocenters. The molecule has 0 aromatic heterocycles. The molecule has 0 aliphatic carbocycles. The fourth-order valence-corrected chi connectivity index (χ4v) is 1.77. The van der Waals surface area contributed by atoms with Gasteiger partial charge in [-0.3, -0.25) is 4.79 Å². The summed E-state index contributed by atoms with van der Waals surface area (Å²) in [4.78, 5) is 11.7. The summed E-state index contributed by atoms with van der Waals surface area (Å²) in [5.74, 6) is -1.84. The number of aryl methyl sites for hydroxylation is 1. The molecular formula is C15H14F2N2O. The third-order valence-electron chi connectivity index (χ3n) is 2.62. The van der Waals surface area contributed by atoms with Crippen molar-refractivity contribution in [3.63, 3.8) is 0 Å². The van der Waals surface area contributed by atoms with Gasteiger partial charge in [0.15, 0.2) is 0 Å². The van der Waals surface area contributed by atoms with Crippen LogP contribution in [0.4, 0.5) is 20.2 Å². The molecule has 0 fully saturated rings. The molecule has 1 amide bonds. The lowest BCUT2D eigenvalue weighted by Gasteiger charge is -2.08. The first-order valence-electron chi connectivity index (χ1n) is 6.09. The lowest BCUT2D eigenvalue weighted by Crippen LogP contribution is -2.21. The summed E-state index contributed by atoms with van der Waals surface area (Å²) in [6.45, 7) is 1.96. The first-order valence-corrected chi connectivity index (χ1v) is 6.09. The Balaban J connectivity index is 1.92. The van der Waals surface area contributed by atoms with Crippen LogP contribution in [0.3, 0.4) is 0 Å². The lowest BCUT2D eigenvalue weighted by molar-refractivity contribution is -0.114. The van der Waals surface area contributed by atoms with Crippen molar-refractivity contribution in [2.75, 3.05) is 17.2 Å². The smallest absolute Gasteiger partial charge is 0.243 e. The highest BCUT2D eigenvalue weighted by Gasteiger charge is 2.05. The van der Waals surface area contributed by atoms with Gasteiger partial charge in [0.05, 0.1) is 6.54 Å². The van der Waals surface area contributed by atoms with Gasteiger partial charge in [0.2, 0.25) is 5.91 Å². The number of benzene rings is 2. The molecule has 0 heterocycles. The summed E-state index contributed by atoms with van der Waals surface area (Å²) in [5, 5.41) is 5.36. The van der Waals surface area contributed by atoms with Gasteiger partial charge in [0.1, 0.15) is 11.6 Å². The van der Waals surface area contributed by atoms with Gasteiger partial charge in [-0.05, 0) is 36.8 Å². The maximum Gasteiger partial charge on any atom is 0.243 e. The molecule has 0 aliphatic rings. The van der Waals surface area contributed by atoms with Crippen molar-refractivity contribution in [1.82, 2.24) is 0 Å². The standard InChI is InChI=1S/C15H14F2N2O/c1-10-3-2-4-13(5-10)18-9-15(20)19-14-7-11(16)6-12(17)8-14/h2-8,18H,9H2,1H3,(H,19,20). The molecule has 0 saturated heterocycles. The van der Waals surface area contributed by atoms with Crippen LogP contribution in [0.1, 0.15) is 5.56 Å². The zero-order chi connectivity index (χ0) is 14.5. The van der Waals surface area contributed by atoms with Crippen LogP contribution < -0.4 is 10.6 Å². The van der Waals surface area contributed by atoms with Crippen molar-refractivity contribution in [3.05, 3.63) is 59.7 Å². The second-order valence-electron chi connectivity index (χ2n) is 4.43. The molecule has 0 saturated carbocycles. The van der Waals surface area contributed by atoms with Gasteiger partial charge in [-0.1, -0.05) is 12.1 Å². The minimum atomic E-state index is -0.730. The first-order chi connectivity index (χ1) is 9.52. The van der Waals surface area contributed by atoms with E-state index in [0.717, 1.165) is 29.4 Å². The van der Waals surface area contributed by atoms with Crippen molar-refractivity contribution >= 4 is 17.3 Å². The molecule has 20 heavy (non-hydrogen) atoms. The number of carbonyl (C=O) groups is 1. The Hall–Kier alpha value is -2.43. The number of amides is 1. The van der Waals surface area contributed by atoms with Crippen LogP contribution in [0.15, 0.2) is 42.5 Å². The van der Waals surface area contributed by atoms with E-state index in [0.29, 0.717) is 0 Å². The molecule has 104 valence electrons. The first kappa shape index (κ1) is 14.0. The summed E-state index contributed by atoms with van der Waals surface area (Å²) >= 11 is 0. The fourth-order valence-electron chi connectivity index (χ4n) is 1.77. The molecule has 2 aromatic rings. The predicted octanol–water partition coefficient (Wildman–Crippen LogP) is 3.32. The van der Waals surface area contributed by atoms with Crippen LogP contribution in [-0.2, 0) is 4.79 Å². The van der Waals surface area contributed by atoms with Crippen LogP contribution in [-0.4, -0.2) is 12.5 Å². The second kappa shape index (κ2) is 6.14. The topological polar surface area (TPSA) is 41.1 Å². The molecular weight excluding hydrogens is 262 g/mol. The Kier molecular flexibility index (Phi) is 4.30. The van der Waals surface area contributed by atoms with Gasteiger partial charge in [-0.25, -0.2) is 8.78 Å². The second-order valence-corrected chi connectivity index (χ2v) is 4.43. The SMILES string of the molecule is Cc1cccc(NCC(=O)Nc2cc(F)cc(F)c2)c1. The highest BCUT2D eigenvalue weighted by Crippen LogP contribution is 2.13. The van der Waals surface area contributed by atoms with Crippen LogP contribution in [0.5, 0.6) is 0 Å². The lowest BCUT2D eigenvalue weighted by atomic mass is 10.2. The third-order valence-corrected chi connectivity index (χ3v) is 2.62. The molecule has 0 bridgehead atoms. The zero-order valence-electron chi connectivity index (χ0n) is 10.9. The zero-order valence-corrected chi connectivity index (χ0v) is 10.9. The quantitative estimate of drug-likeness (QED) is 0.899. The summed E-state index contributed by atoms with van der Waals surface area (Å²) < 4.78 is 25.9. The molecule has 2 N–H and O–H groups in total. The number of hydrogen-bond donors (Lipinski definition) is 2. The maximum absolute atomic E-state index is 13.0. The van der Waals surface area contributed by atoms with Gasteiger partial charge in [0, 0.05) is 17.4 Å². The number of carbonyl (C=O) groups excluding carboxylic acids is 1. The Morgan fingerprint density at radius 3 is 2.40 bits per heavy atom. The van der Waals surface area contributed by atoms with Gasteiger partial charge >= 0.3 is 0 Å². The molecule has 0 spiro atoms. The van der Waals surface area contributed by atoms with E-state index >= 15 is 0 Å². The molecule has 5 heteroatoms. The van der Waals surface area contributed by atoms with Gasteiger partial charge in [-0.15, -0.1) is 0 Å². The van der Waals surface area contributed by atoms with E-state index in [2.05, 4.69) is 10.6 Å². The predicted molar refractivity (Wildman–Crippen MR) is 74.7 cm³/mol. The van der Waals surface area contributed by atoms with Gasteiger partial charge in [-0.2, -0.15) is 0 Å². The summed E-state index contributed by atoms with van der Waals surface area (Å²) in [5.41, 5.74) is 1.98. The summed E-state index contributed by atoms with van der Waals surface area (Å²) in [7, 11) is 0. The van der Waals surface area contributed by atoms with E-state index in [4.69, 9.17) is 0 Å². The average Bonchev–Trinajstić information content (AvgIpc) is 2.35. The largest absolute Gasteiger partial charge is 0.376 e. The fraction of sp³-hybridized carbons (Fsp3) is 0.133. The van der Waals surface area contributed by atoms with Crippen molar-refractivity contribution in [2.45, 2.75) is 6.92 Å². The Morgan fingerprint density at radius 1 is 1.05 bits per heavy atom. The maximum atomic E-state index is 13.0. The van der Waals surface area contributed by atoms with Crippen LogP contribution in [0.2, 0.25) is 0 Å². The van der Waals surface area contributed by atoms with Crippen LogP contribution in [0.25, 0.3) is 0 Å². The number of hydrogen-bond acceptors (Lipinski definition) is 2. The Morgan fingerprint density at radius 2 is 1.75 bits per heavy atom. The molecule has 2 aromatic carbocycles. The van der Waals surface area contributed by atoms with Crippen LogP contribution in [0, 0.1) is 18.6 Å². The molecule has 0 radical (unpaired) electrons. The Labute approximate surface area is 115 Å². The number of anilines is 2. The molecule has 3 nitrogen and oxygen atoms in total. The number of halogens is 2. The summed E-state index contributed by atoms with van der Waals surface area (Å²) in [6, 6.07) is 10.4. The monoisotopic (exact) mass is 276 g/mol. The van der Waals surface area contributed by atoms with Crippen LogP contribution >= 0.6 is 0 Å². The van der Waals surface area contributed by atoms with E-state index in [9.17, 15) is 13.6 Å². The van der Waals surface area contributed by atoms with Crippen molar-refractivity contribution < 1.29 is 13.6 Å². The van der Waals surface area contributed by atoms with Crippen molar-refractivity contribution in [3.8, 4) is 0 Å². The number of nitrogens with one attached hydrogen (secondary N) is 2. The van der Waals surface area contributed by atoms with Crippen molar-refractivity contribution in [1.29, 1.82) is 0 Å². The van der Waals surface area contributed by atoms with Gasteiger partial charge < -0.3 is 10.6 Å². The highest BCUT2D eigenvalue weighted by molar-refractivity contribution is 5.93. The van der Waals surface area contributed by atoms with Gasteiger partial charge in [0.25, 0.3) is 0 Å². The van der Waals surface area contributed by atoms with E-state index in [-0.39, 0.29) is 18.1 Å². The Bertz CT molecular complexity index is 609. The summed E-state index contributed by atoms with van der Waals surface area (Å²) in [6.07, 6.45) is 0. The third kappa shape index (κ3) is 4.05. The average molecular weight is 276 g/mol. The molecule has 0 atom stereocenters. The van der Waals surface area contributed by atoms with E-state index in [1.165, 1.54) is 0 Å². The van der Waals surface area contributed by atoms with E-state index in [1.54, 1.807) is 0 Å². The molecule has 0 aliphatic heterocycles. The minimum absolute atomic E-state index is 0.0155. The van der Waals surface area contributed by atoms with E-state index < -0.39 is 11.6 Å². The highest BCUT2D eigenvalue weighted by atomic mass is 19.1. The minimum Gasteiger partial charge on any atom is -0.376 e. The molecule has 2 rings (SSSR count). The van der Waals surface area contributed by atoms with E-state index in [1.807, 2.05) is 31.2 Å².